The number of rotatable bonds is 5. The third kappa shape index (κ3) is 8.81. The molecular formula is C8H17N3O2. The smallest absolute Gasteiger partial charge is 0.221 e. The zero-order valence-corrected chi connectivity index (χ0v) is 8.09. The monoisotopic (exact) mass is 187 g/mol. The Balaban J connectivity index is 3.59. The highest BCUT2D eigenvalue weighted by Crippen LogP contribution is 2.02. The predicted molar refractivity (Wildman–Crippen MR) is 49.7 cm³/mol. The molecule has 0 aliphatic carbocycles. The zero-order chi connectivity index (χ0) is 10.5. The van der Waals surface area contributed by atoms with Crippen LogP contribution in [0.15, 0.2) is 0 Å². The lowest BCUT2D eigenvalue weighted by atomic mass is 10.0. The number of hydrogen-bond acceptors (Lipinski definition) is 3. The number of carbonyl (C=O) groups is 2. The normalized spacial score (nSPS) is 11.0. The van der Waals surface area contributed by atoms with Gasteiger partial charge in [0.15, 0.2) is 0 Å². The first-order valence-corrected chi connectivity index (χ1v) is 4.15. The highest BCUT2D eigenvalue weighted by Gasteiger charge is 2.15. The lowest BCUT2D eigenvalue weighted by Gasteiger charge is -2.17. The minimum Gasteiger partial charge on any atom is -0.370 e. The van der Waals surface area contributed by atoms with Crippen LogP contribution in [-0.2, 0) is 9.59 Å². The molecule has 0 fully saturated rings. The summed E-state index contributed by atoms with van der Waals surface area (Å²) in [5, 5.41) is 2.55. The molecule has 5 heteroatoms. The molecular weight excluding hydrogens is 170 g/mol. The van der Waals surface area contributed by atoms with Gasteiger partial charge in [-0.2, -0.15) is 0 Å². The average molecular weight is 187 g/mol. The van der Waals surface area contributed by atoms with E-state index in [9.17, 15) is 9.59 Å². The summed E-state index contributed by atoms with van der Waals surface area (Å²) in [6, 6.07) is 0. The minimum absolute atomic E-state index is 0.159. The van der Waals surface area contributed by atoms with Crippen molar-refractivity contribution in [3.05, 3.63) is 0 Å². The van der Waals surface area contributed by atoms with Crippen LogP contribution in [0.2, 0.25) is 0 Å². The van der Waals surface area contributed by atoms with Crippen LogP contribution in [0.25, 0.3) is 0 Å². The average Bonchev–Trinajstić information content (AvgIpc) is 1.81. The van der Waals surface area contributed by atoms with Gasteiger partial charge in [-0.05, 0) is 13.8 Å². The van der Waals surface area contributed by atoms with Gasteiger partial charge in [0.05, 0.1) is 0 Å². The molecule has 0 spiro atoms. The molecule has 5 nitrogen and oxygen atoms in total. The van der Waals surface area contributed by atoms with E-state index in [-0.39, 0.29) is 25.3 Å². The largest absolute Gasteiger partial charge is 0.370 e. The maximum absolute atomic E-state index is 11.1. The first-order valence-electron chi connectivity index (χ1n) is 4.15. The summed E-state index contributed by atoms with van der Waals surface area (Å²) in [6.45, 7) is 3.81. The highest BCUT2D eigenvalue weighted by molar-refractivity contribution is 5.78. The fraction of sp³-hybridized carbons (Fsp3) is 0.750. The van der Waals surface area contributed by atoms with Crippen LogP contribution in [0.3, 0.4) is 0 Å². The van der Waals surface area contributed by atoms with Crippen molar-refractivity contribution in [2.24, 2.45) is 11.5 Å². The fourth-order valence-electron chi connectivity index (χ4n) is 0.801. The molecule has 0 heterocycles. The second kappa shape index (κ2) is 4.81. The van der Waals surface area contributed by atoms with E-state index >= 15 is 0 Å². The maximum atomic E-state index is 11.1. The lowest BCUT2D eigenvalue weighted by molar-refractivity contribution is -0.122. The molecule has 13 heavy (non-hydrogen) atoms. The summed E-state index contributed by atoms with van der Waals surface area (Å²) in [5.74, 6) is -0.582. The molecule has 0 unspecified atom stereocenters. The van der Waals surface area contributed by atoms with E-state index in [1.165, 1.54) is 0 Å². The van der Waals surface area contributed by atoms with Gasteiger partial charge in [-0.3, -0.25) is 9.59 Å². The van der Waals surface area contributed by atoms with Crippen LogP contribution in [0.1, 0.15) is 26.7 Å². The Labute approximate surface area is 77.8 Å². The van der Waals surface area contributed by atoms with Gasteiger partial charge in [0.2, 0.25) is 11.8 Å². The molecule has 76 valence electrons. The van der Waals surface area contributed by atoms with Gasteiger partial charge in [0.1, 0.15) is 0 Å². The zero-order valence-electron chi connectivity index (χ0n) is 8.09. The third-order valence-electron chi connectivity index (χ3n) is 1.31. The van der Waals surface area contributed by atoms with Gasteiger partial charge < -0.3 is 16.8 Å². The number of amides is 2. The Morgan fingerprint density at radius 3 is 2.31 bits per heavy atom. The predicted octanol–water partition coefficient (Wildman–Crippen LogP) is -0.895. The molecule has 0 radical (unpaired) electrons. The number of nitrogens with two attached hydrogens (primary N) is 2. The molecule has 2 amide bonds. The quantitative estimate of drug-likeness (QED) is 0.520. The number of nitrogens with one attached hydrogen (secondary N) is 1. The number of primary amides is 1. The second-order valence-electron chi connectivity index (χ2n) is 3.73. The van der Waals surface area contributed by atoms with Crippen molar-refractivity contribution in [2.45, 2.75) is 32.2 Å². The minimum atomic E-state index is -0.517. The maximum Gasteiger partial charge on any atom is 0.221 e. The summed E-state index contributed by atoms with van der Waals surface area (Å²) in [4.78, 5) is 21.4. The van der Waals surface area contributed by atoms with Crippen molar-refractivity contribution in [2.75, 3.05) is 6.54 Å². The Hall–Kier alpha value is -1.10. The van der Waals surface area contributed by atoms with Crippen molar-refractivity contribution in [1.82, 2.24) is 5.32 Å². The van der Waals surface area contributed by atoms with Gasteiger partial charge in [-0.25, -0.2) is 0 Å². The molecule has 0 saturated heterocycles. The van der Waals surface area contributed by atoms with Crippen molar-refractivity contribution in [3.63, 3.8) is 0 Å². The van der Waals surface area contributed by atoms with Crippen LogP contribution in [0.4, 0.5) is 0 Å². The van der Waals surface area contributed by atoms with E-state index in [2.05, 4.69) is 5.32 Å². The van der Waals surface area contributed by atoms with Gasteiger partial charge in [-0.15, -0.1) is 0 Å². The van der Waals surface area contributed by atoms with E-state index < -0.39 is 11.4 Å². The Morgan fingerprint density at radius 1 is 1.38 bits per heavy atom. The molecule has 5 N–H and O–H groups in total. The first-order chi connectivity index (χ1) is 5.81. The summed E-state index contributed by atoms with van der Waals surface area (Å²) >= 11 is 0. The van der Waals surface area contributed by atoms with E-state index in [1.807, 2.05) is 0 Å². The van der Waals surface area contributed by atoms with Crippen molar-refractivity contribution in [1.29, 1.82) is 0 Å². The molecule has 0 aliphatic heterocycles. The Kier molecular flexibility index (Phi) is 4.40. The van der Waals surface area contributed by atoms with Crippen molar-refractivity contribution < 1.29 is 9.59 Å². The van der Waals surface area contributed by atoms with Gasteiger partial charge in [0.25, 0.3) is 0 Å². The van der Waals surface area contributed by atoms with Gasteiger partial charge >= 0.3 is 0 Å². The Bertz CT molecular complexity index is 196. The lowest BCUT2D eigenvalue weighted by Crippen LogP contribution is -2.39. The number of hydrogen-bond donors (Lipinski definition) is 3. The van der Waals surface area contributed by atoms with E-state index in [0.29, 0.717) is 0 Å². The molecule has 0 aromatic rings. The summed E-state index contributed by atoms with van der Waals surface area (Å²) in [5.41, 5.74) is 9.99. The number of carbonyl (C=O) groups excluding carboxylic acids is 2. The van der Waals surface area contributed by atoms with Crippen LogP contribution in [0.5, 0.6) is 0 Å². The summed E-state index contributed by atoms with van der Waals surface area (Å²) in [6.07, 6.45) is 0.405. The second-order valence-corrected chi connectivity index (χ2v) is 3.73. The van der Waals surface area contributed by atoms with Crippen molar-refractivity contribution in [3.8, 4) is 0 Å². The van der Waals surface area contributed by atoms with E-state index in [1.54, 1.807) is 13.8 Å². The molecule has 0 aliphatic rings. The van der Waals surface area contributed by atoms with Gasteiger partial charge in [-0.1, -0.05) is 0 Å². The van der Waals surface area contributed by atoms with Crippen molar-refractivity contribution >= 4 is 11.8 Å². The molecule has 0 saturated carbocycles. The van der Waals surface area contributed by atoms with Crippen LogP contribution >= 0.6 is 0 Å². The molecule has 0 bridgehead atoms. The molecule has 0 rings (SSSR count). The van der Waals surface area contributed by atoms with Crippen LogP contribution in [0, 0.1) is 0 Å². The SMILES string of the molecule is CC(C)(N)CC(=O)NCCC(N)=O. The molecule has 0 atom stereocenters. The van der Waals surface area contributed by atoms with Gasteiger partial charge in [0, 0.05) is 24.9 Å². The summed E-state index contributed by atoms with van der Waals surface area (Å²) < 4.78 is 0. The topological polar surface area (TPSA) is 98.2 Å². The Morgan fingerprint density at radius 2 is 1.92 bits per heavy atom. The summed E-state index contributed by atoms with van der Waals surface area (Å²) in [7, 11) is 0. The fourth-order valence-corrected chi connectivity index (χ4v) is 0.801. The van der Waals surface area contributed by atoms with E-state index in [0.717, 1.165) is 0 Å². The third-order valence-corrected chi connectivity index (χ3v) is 1.31. The van der Waals surface area contributed by atoms with Crippen LogP contribution in [-0.4, -0.2) is 23.9 Å². The van der Waals surface area contributed by atoms with Crippen LogP contribution < -0.4 is 16.8 Å². The molecule has 0 aromatic heterocycles. The highest BCUT2D eigenvalue weighted by atomic mass is 16.2. The molecule has 0 aromatic carbocycles. The first kappa shape index (κ1) is 11.9. The van der Waals surface area contributed by atoms with E-state index in [4.69, 9.17) is 11.5 Å². The standard InChI is InChI=1S/C8H17N3O2/c1-8(2,10)5-7(13)11-4-3-6(9)12/h3-5,10H2,1-2H3,(H2,9,12)(H,11,13).